The lowest BCUT2D eigenvalue weighted by molar-refractivity contribution is 0.111. The Morgan fingerprint density at radius 1 is 0.833 bits per heavy atom. The third-order valence-corrected chi connectivity index (χ3v) is 5.30. The van der Waals surface area contributed by atoms with Gasteiger partial charge in [0.15, 0.2) is 6.29 Å². The number of hydrogen-bond donors (Lipinski definition) is 2. The van der Waals surface area contributed by atoms with Gasteiger partial charge in [0, 0.05) is 48.0 Å². The lowest BCUT2D eigenvalue weighted by Gasteiger charge is -2.14. The van der Waals surface area contributed by atoms with Gasteiger partial charge in [-0.05, 0) is 87.1 Å². The van der Waals surface area contributed by atoms with Crippen molar-refractivity contribution in [2.75, 3.05) is 40.0 Å². The van der Waals surface area contributed by atoms with E-state index in [1.807, 2.05) is 52.5 Å². The zero-order valence-electron chi connectivity index (χ0n) is 24.3. The van der Waals surface area contributed by atoms with E-state index in [1.165, 1.54) is 18.3 Å². The van der Waals surface area contributed by atoms with Crippen LogP contribution in [-0.4, -0.2) is 62.2 Å². The van der Waals surface area contributed by atoms with E-state index in [0.29, 0.717) is 35.7 Å². The second-order valence-corrected chi connectivity index (χ2v) is 8.31. The van der Waals surface area contributed by atoms with Crippen molar-refractivity contribution in [1.82, 2.24) is 20.3 Å². The van der Waals surface area contributed by atoms with Crippen LogP contribution in [0.25, 0.3) is 22.3 Å². The summed E-state index contributed by atoms with van der Waals surface area (Å²) in [6.07, 6.45) is 6.26. The van der Waals surface area contributed by atoms with Crippen molar-refractivity contribution in [2.45, 2.75) is 20.5 Å². The van der Waals surface area contributed by atoms with Crippen molar-refractivity contribution in [1.29, 1.82) is 0 Å². The molecule has 0 fully saturated rings. The van der Waals surface area contributed by atoms with E-state index in [4.69, 9.17) is 4.74 Å². The molecular weight excluding hydrogens is 547 g/mol. The fraction of sp³-hybridized carbons (Fsp3) is 0.258. The van der Waals surface area contributed by atoms with E-state index in [9.17, 15) is 22.8 Å². The number of carbonyl (C=O) groups is 2. The number of alkyl halides is 3. The number of rotatable bonds is 8. The smallest absolute Gasteiger partial charge is 0.229 e. The maximum atomic E-state index is 11.9. The predicted molar refractivity (Wildman–Crippen MR) is 160 cm³/mol. The van der Waals surface area contributed by atoms with Crippen LogP contribution >= 0.6 is 0 Å². The maximum Gasteiger partial charge on any atom is 0.229 e. The average molecular weight is 584 g/mol. The molecule has 0 saturated carbocycles. The number of benzene rings is 1. The van der Waals surface area contributed by atoms with Crippen LogP contribution in [0.3, 0.4) is 0 Å². The number of hydrogen-bond acceptors (Lipinski definition) is 8. The quantitative estimate of drug-likeness (QED) is 0.228. The normalized spacial score (nSPS) is 9.52. The van der Waals surface area contributed by atoms with E-state index >= 15 is 0 Å². The summed E-state index contributed by atoms with van der Waals surface area (Å²) < 4.78 is 36.8. The molecular formula is C31H36F3N5O3. The summed E-state index contributed by atoms with van der Waals surface area (Å²) in [5.41, 5.74) is 7.10. The van der Waals surface area contributed by atoms with Crippen LogP contribution in [0.5, 0.6) is 5.88 Å². The number of halogens is 3. The van der Waals surface area contributed by atoms with Crippen LogP contribution in [0, 0.1) is 6.92 Å². The summed E-state index contributed by atoms with van der Waals surface area (Å²) in [6.45, 7) is 2.13. The number of nitrogens with zero attached hydrogens (tertiary/aromatic N) is 3. The van der Waals surface area contributed by atoms with Crippen molar-refractivity contribution in [3.63, 3.8) is 0 Å². The summed E-state index contributed by atoms with van der Waals surface area (Å²) >= 11 is 0. The van der Waals surface area contributed by atoms with E-state index < -0.39 is 13.6 Å². The van der Waals surface area contributed by atoms with E-state index in [0.717, 1.165) is 39.8 Å². The molecule has 224 valence electrons. The average Bonchev–Trinajstić information content (AvgIpc) is 3.03. The third kappa shape index (κ3) is 11.5. The molecule has 0 unspecified atom stereocenters. The van der Waals surface area contributed by atoms with Crippen LogP contribution in [0.15, 0.2) is 67.1 Å². The first-order valence-electron chi connectivity index (χ1n) is 12.9. The van der Waals surface area contributed by atoms with Gasteiger partial charge in [-0.15, -0.1) is 0 Å². The van der Waals surface area contributed by atoms with Gasteiger partial charge in [0.25, 0.3) is 0 Å². The topological polar surface area (TPSA) is 106 Å². The van der Waals surface area contributed by atoms with Gasteiger partial charge in [0.1, 0.15) is 18.7 Å². The van der Waals surface area contributed by atoms with E-state index in [-0.39, 0.29) is 0 Å². The molecule has 0 atom stereocenters. The van der Waals surface area contributed by atoms with Crippen LogP contribution in [0.1, 0.15) is 39.0 Å². The molecule has 0 bridgehead atoms. The van der Waals surface area contributed by atoms with E-state index in [1.54, 1.807) is 12.3 Å². The Morgan fingerprint density at radius 2 is 1.52 bits per heavy atom. The van der Waals surface area contributed by atoms with Crippen LogP contribution in [0.2, 0.25) is 0 Å². The Balaban J connectivity index is 0.000000455. The van der Waals surface area contributed by atoms with Crippen LogP contribution < -0.4 is 15.4 Å². The molecule has 0 amide bonds. The molecule has 1 aromatic carbocycles. The number of aldehydes is 2. The highest BCUT2D eigenvalue weighted by Crippen LogP contribution is 2.34. The van der Waals surface area contributed by atoms with Crippen LogP contribution in [-0.2, 0) is 6.67 Å². The Kier molecular flexibility index (Phi) is 17.1. The Bertz CT molecular complexity index is 1390. The first-order valence-corrected chi connectivity index (χ1v) is 12.9. The first-order chi connectivity index (χ1) is 20.3. The van der Waals surface area contributed by atoms with Crippen LogP contribution in [0.4, 0.5) is 18.9 Å². The highest BCUT2D eigenvalue weighted by atomic mass is 19.3. The number of aromatic nitrogens is 3. The minimum absolute atomic E-state index is 0.296. The highest BCUT2D eigenvalue weighted by molar-refractivity contribution is 5.81. The lowest BCUT2D eigenvalue weighted by Crippen LogP contribution is -1.99. The Morgan fingerprint density at radius 3 is 2.12 bits per heavy atom. The molecule has 4 aromatic rings. The molecule has 3 aromatic heterocycles. The summed E-state index contributed by atoms with van der Waals surface area (Å²) in [6, 6.07) is 14.8. The molecule has 0 radical (unpaired) electrons. The minimum atomic E-state index is -1.75. The Labute approximate surface area is 244 Å². The second-order valence-electron chi connectivity index (χ2n) is 8.31. The number of pyridine rings is 3. The minimum Gasteiger partial charge on any atom is -0.478 e. The van der Waals surface area contributed by atoms with Gasteiger partial charge in [-0.25, -0.2) is 18.2 Å². The third-order valence-electron chi connectivity index (χ3n) is 5.30. The highest BCUT2D eigenvalue weighted by Gasteiger charge is 2.13. The standard InChI is InChI=1S/C21H21N3O2.C7H6FNO.C2H7N.CH2F2/c1-4-26-21-20(15-7-8-23-18(9-15)13-25)10-16(12-24-21)19-11-17(22-3)6-5-14(19)2;8-4-7-3-6(5-10)1-2-9-7;1-3-2;2-1-3/h5-13,22H,4H2,1-3H3;1-3,5H,4H2;3H,1-2H3;1H2. The number of ether oxygens (including phenoxy) is 1. The van der Waals surface area contributed by atoms with Gasteiger partial charge in [-0.1, -0.05) is 6.07 Å². The second kappa shape index (κ2) is 20.3. The molecule has 8 nitrogen and oxygen atoms in total. The molecule has 0 aliphatic carbocycles. The number of anilines is 1. The van der Waals surface area contributed by atoms with E-state index in [2.05, 4.69) is 44.6 Å². The van der Waals surface area contributed by atoms with Gasteiger partial charge in [-0.2, -0.15) is 0 Å². The van der Waals surface area contributed by atoms with Crippen molar-refractivity contribution in [2.24, 2.45) is 0 Å². The number of carbonyl (C=O) groups excluding carboxylic acids is 2. The number of aryl methyl sites for hydroxylation is 1. The zero-order chi connectivity index (χ0) is 31.3. The molecule has 0 aliphatic rings. The van der Waals surface area contributed by atoms with Gasteiger partial charge in [0.2, 0.25) is 12.8 Å². The summed E-state index contributed by atoms with van der Waals surface area (Å²) in [5, 5.41) is 5.92. The fourth-order valence-electron chi connectivity index (χ4n) is 3.47. The van der Waals surface area contributed by atoms with Gasteiger partial charge < -0.3 is 15.4 Å². The molecule has 0 saturated heterocycles. The molecule has 3 heterocycles. The van der Waals surface area contributed by atoms with Gasteiger partial charge in [0.05, 0.1) is 12.3 Å². The summed E-state index contributed by atoms with van der Waals surface area (Å²) in [7, 11) is 5.65. The molecule has 2 N–H and O–H groups in total. The number of nitrogens with one attached hydrogen (secondary N) is 2. The van der Waals surface area contributed by atoms with Gasteiger partial charge in [-0.3, -0.25) is 19.6 Å². The summed E-state index contributed by atoms with van der Waals surface area (Å²) in [5.74, 6) is 0.543. The van der Waals surface area contributed by atoms with Crippen molar-refractivity contribution >= 4 is 18.3 Å². The zero-order valence-corrected chi connectivity index (χ0v) is 24.3. The first kappa shape index (κ1) is 35.4. The predicted octanol–water partition coefficient (Wildman–Crippen LogP) is 6.45. The molecule has 4 rings (SSSR count). The van der Waals surface area contributed by atoms with Crippen molar-refractivity contribution in [3.05, 3.63) is 89.6 Å². The summed E-state index contributed by atoms with van der Waals surface area (Å²) in [4.78, 5) is 33.4. The van der Waals surface area contributed by atoms with Crippen molar-refractivity contribution in [3.8, 4) is 28.1 Å². The van der Waals surface area contributed by atoms with Gasteiger partial charge >= 0.3 is 0 Å². The SMILES string of the molecule is CCOc1ncc(-c2cc(NC)ccc2C)cc1-c1ccnc(C=O)c1.CNC.FCF.O=Cc1ccnc(CF)c1. The molecule has 0 spiro atoms. The molecule has 42 heavy (non-hydrogen) atoms. The van der Waals surface area contributed by atoms with Crippen molar-refractivity contribution < 1.29 is 27.5 Å². The molecule has 11 heteroatoms. The largest absolute Gasteiger partial charge is 0.478 e. The Hall–Kier alpha value is -4.64. The maximum absolute atomic E-state index is 11.9. The fourth-order valence-corrected chi connectivity index (χ4v) is 3.47. The monoisotopic (exact) mass is 583 g/mol. The molecule has 0 aliphatic heterocycles. The lowest BCUT2D eigenvalue weighted by atomic mass is 9.98.